The highest BCUT2D eigenvalue weighted by atomic mass is 35.5. The normalized spacial score (nSPS) is 19.7. The van der Waals surface area contributed by atoms with Crippen molar-refractivity contribution in [2.24, 2.45) is 0 Å². The highest BCUT2D eigenvalue weighted by Crippen LogP contribution is 2.38. The van der Waals surface area contributed by atoms with E-state index in [1.165, 1.54) is 0 Å². The number of rotatable bonds is 8. The second-order valence-corrected chi connectivity index (χ2v) is 16.2. The maximum Gasteiger partial charge on any atom is 0.192 e. The van der Waals surface area contributed by atoms with Crippen molar-refractivity contribution in [2.45, 2.75) is 70.9 Å². The summed E-state index contributed by atoms with van der Waals surface area (Å²) in [6, 6.07) is 5.63. The SMILES string of the molecule is CO[C@]1(c2cc(OC[C@@H](C)O[Si](C)(C)C(C)(C)C)cc(-n3nc(C)c4cnc(Cl)cc43)n2)CCOC1. The Labute approximate surface area is 219 Å². The van der Waals surface area contributed by atoms with Crippen LogP contribution in [0, 0.1) is 6.92 Å². The molecule has 0 unspecified atom stereocenters. The Bertz CT molecular complexity index is 1230. The van der Waals surface area contributed by atoms with Crippen LogP contribution in [-0.2, 0) is 19.5 Å². The zero-order chi connectivity index (χ0) is 26.3. The number of halogens is 1. The van der Waals surface area contributed by atoms with E-state index in [0.717, 1.165) is 22.3 Å². The Balaban J connectivity index is 1.71. The molecule has 0 saturated carbocycles. The number of fused-ring (bicyclic) bond motifs is 1. The lowest BCUT2D eigenvalue weighted by molar-refractivity contribution is -0.0248. The van der Waals surface area contributed by atoms with Crippen molar-refractivity contribution in [1.82, 2.24) is 19.7 Å². The van der Waals surface area contributed by atoms with Crippen molar-refractivity contribution >= 4 is 30.8 Å². The van der Waals surface area contributed by atoms with E-state index in [9.17, 15) is 0 Å². The first kappa shape index (κ1) is 27.0. The first-order chi connectivity index (χ1) is 16.8. The molecule has 1 saturated heterocycles. The Morgan fingerprint density at radius 3 is 2.64 bits per heavy atom. The van der Waals surface area contributed by atoms with Crippen molar-refractivity contribution in [3.63, 3.8) is 0 Å². The van der Waals surface area contributed by atoms with Crippen LogP contribution < -0.4 is 4.74 Å². The van der Waals surface area contributed by atoms with Crippen LogP contribution in [0.2, 0.25) is 23.3 Å². The largest absolute Gasteiger partial charge is 0.491 e. The Morgan fingerprint density at radius 1 is 1.25 bits per heavy atom. The summed E-state index contributed by atoms with van der Waals surface area (Å²) in [6.45, 7) is 16.7. The molecule has 0 aliphatic carbocycles. The molecule has 0 spiro atoms. The Kier molecular flexibility index (Phi) is 7.52. The van der Waals surface area contributed by atoms with Gasteiger partial charge >= 0.3 is 0 Å². The van der Waals surface area contributed by atoms with Gasteiger partial charge in [0.2, 0.25) is 0 Å². The van der Waals surface area contributed by atoms with E-state index in [1.54, 1.807) is 24.1 Å². The molecule has 0 amide bonds. The van der Waals surface area contributed by atoms with Crippen LogP contribution in [0.25, 0.3) is 16.7 Å². The fourth-order valence-corrected chi connectivity index (χ4v) is 5.74. The van der Waals surface area contributed by atoms with E-state index in [-0.39, 0.29) is 11.1 Å². The van der Waals surface area contributed by atoms with Crippen LogP contribution >= 0.6 is 11.6 Å². The van der Waals surface area contributed by atoms with Crippen LogP contribution in [-0.4, -0.2) is 61.1 Å². The highest BCUT2D eigenvalue weighted by Gasteiger charge is 2.40. The number of hydrogen-bond donors (Lipinski definition) is 0. The third-order valence-corrected chi connectivity index (χ3v) is 12.2. The lowest BCUT2D eigenvalue weighted by Crippen LogP contribution is -2.44. The molecule has 0 aromatic carbocycles. The summed E-state index contributed by atoms with van der Waals surface area (Å²) >= 11 is 6.22. The zero-order valence-electron chi connectivity index (χ0n) is 22.5. The summed E-state index contributed by atoms with van der Waals surface area (Å²) in [5.41, 5.74) is 1.77. The van der Waals surface area contributed by atoms with Crippen molar-refractivity contribution in [2.75, 3.05) is 26.9 Å². The molecule has 3 aromatic heterocycles. The smallest absolute Gasteiger partial charge is 0.192 e. The van der Waals surface area contributed by atoms with Gasteiger partial charge in [-0.2, -0.15) is 5.10 Å². The maximum absolute atomic E-state index is 6.50. The number of hydrogen-bond acceptors (Lipinski definition) is 7. The molecule has 4 heterocycles. The van der Waals surface area contributed by atoms with Gasteiger partial charge in [-0.1, -0.05) is 32.4 Å². The molecule has 1 aliphatic rings. The van der Waals surface area contributed by atoms with E-state index < -0.39 is 13.9 Å². The fraction of sp³-hybridized carbons (Fsp3) is 0.577. The van der Waals surface area contributed by atoms with Crippen molar-refractivity contribution in [3.05, 3.63) is 40.9 Å². The minimum Gasteiger partial charge on any atom is -0.491 e. The number of aryl methyl sites for hydroxylation is 1. The van der Waals surface area contributed by atoms with Gasteiger partial charge in [0, 0.05) is 49.9 Å². The van der Waals surface area contributed by atoms with Crippen LogP contribution in [0.1, 0.15) is 45.5 Å². The molecule has 4 rings (SSSR count). The molecule has 1 fully saturated rings. The second kappa shape index (κ2) is 10.0. The number of aromatic nitrogens is 4. The number of nitrogens with zero attached hydrogens (tertiary/aromatic N) is 4. The molecular weight excluding hydrogens is 496 g/mol. The molecule has 0 radical (unpaired) electrons. The molecule has 0 bridgehead atoms. The summed E-state index contributed by atoms with van der Waals surface area (Å²) < 4.78 is 26.2. The van der Waals surface area contributed by atoms with Crippen LogP contribution in [0.3, 0.4) is 0 Å². The van der Waals surface area contributed by atoms with Crippen molar-refractivity contribution < 1.29 is 18.6 Å². The summed E-state index contributed by atoms with van der Waals surface area (Å²) in [5, 5.41) is 6.17. The molecule has 2 atom stereocenters. The molecule has 0 N–H and O–H groups in total. The molecule has 10 heteroatoms. The van der Waals surface area contributed by atoms with Gasteiger partial charge in [0.25, 0.3) is 0 Å². The fourth-order valence-electron chi connectivity index (χ4n) is 4.16. The van der Waals surface area contributed by atoms with Gasteiger partial charge in [0.15, 0.2) is 14.1 Å². The third-order valence-electron chi connectivity index (χ3n) is 7.35. The predicted octanol–water partition coefficient (Wildman–Crippen LogP) is 5.83. The van der Waals surface area contributed by atoms with E-state index in [4.69, 9.17) is 40.3 Å². The summed E-state index contributed by atoms with van der Waals surface area (Å²) in [7, 11) is -0.222. The minimum absolute atomic E-state index is 0.0604. The first-order valence-electron chi connectivity index (χ1n) is 12.3. The van der Waals surface area contributed by atoms with Crippen LogP contribution in [0.5, 0.6) is 5.75 Å². The number of ether oxygens (including phenoxy) is 3. The van der Waals surface area contributed by atoms with Crippen molar-refractivity contribution in [3.8, 4) is 11.6 Å². The number of methoxy groups -OCH3 is 1. The quantitative estimate of drug-likeness (QED) is 0.267. The molecular formula is C26H37ClN4O4Si. The van der Waals surface area contributed by atoms with Gasteiger partial charge in [-0.05, 0) is 32.0 Å². The molecule has 196 valence electrons. The van der Waals surface area contributed by atoms with Gasteiger partial charge in [-0.15, -0.1) is 0 Å². The average Bonchev–Trinajstić information content (AvgIpc) is 3.42. The monoisotopic (exact) mass is 532 g/mol. The standard InChI is InChI=1S/C26H37ClN4O4Si/c1-17(35-36(7,8)25(3,4)5)15-34-19-11-22(26(32-6)9-10-33-16-26)29-24(12-19)31-21-13-23(27)28-14-20(21)18(2)30-31/h11-14,17H,9-10,15-16H2,1-8H3/t17-,26-/m1/s1. The van der Waals surface area contributed by atoms with E-state index in [1.807, 2.05) is 19.1 Å². The molecule has 8 nitrogen and oxygen atoms in total. The zero-order valence-corrected chi connectivity index (χ0v) is 24.3. The molecule has 3 aromatic rings. The topological polar surface area (TPSA) is 80.5 Å². The Hall–Kier alpha value is -2.04. The summed E-state index contributed by atoms with van der Waals surface area (Å²) in [6.07, 6.45) is 2.38. The lowest BCUT2D eigenvalue weighted by Gasteiger charge is -2.38. The highest BCUT2D eigenvalue weighted by molar-refractivity contribution is 6.74. The van der Waals surface area contributed by atoms with Crippen LogP contribution in [0.4, 0.5) is 0 Å². The average molecular weight is 533 g/mol. The maximum atomic E-state index is 6.50. The van der Waals surface area contributed by atoms with Gasteiger partial charge in [-0.3, -0.25) is 0 Å². The minimum atomic E-state index is -1.91. The van der Waals surface area contributed by atoms with Crippen molar-refractivity contribution in [1.29, 1.82) is 0 Å². The summed E-state index contributed by atoms with van der Waals surface area (Å²) in [4.78, 5) is 9.18. The van der Waals surface area contributed by atoms with Crippen LogP contribution in [0.15, 0.2) is 24.4 Å². The lowest BCUT2D eigenvalue weighted by atomic mass is 9.97. The van der Waals surface area contributed by atoms with E-state index in [2.05, 4.69) is 45.8 Å². The van der Waals surface area contributed by atoms with Gasteiger partial charge < -0.3 is 18.6 Å². The molecule has 1 aliphatic heterocycles. The predicted molar refractivity (Wildman–Crippen MR) is 144 cm³/mol. The van der Waals surface area contributed by atoms with Gasteiger partial charge in [0.1, 0.15) is 23.1 Å². The Morgan fingerprint density at radius 2 is 2.00 bits per heavy atom. The van der Waals surface area contributed by atoms with E-state index >= 15 is 0 Å². The molecule has 36 heavy (non-hydrogen) atoms. The van der Waals surface area contributed by atoms with Gasteiger partial charge in [0.05, 0.1) is 29.6 Å². The second-order valence-electron chi connectivity index (χ2n) is 11.1. The van der Waals surface area contributed by atoms with E-state index in [0.29, 0.717) is 43.0 Å². The third kappa shape index (κ3) is 5.31. The first-order valence-corrected chi connectivity index (χ1v) is 15.6. The summed E-state index contributed by atoms with van der Waals surface area (Å²) in [5.74, 6) is 1.29. The van der Waals surface area contributed by atoms with Gasteiger partial charge in [-0.25, -0.2) is 14.6 Å². The number of pyridine rings is 2.